The van der Waals surface area contributed by atoms with Crippen LogP contribution in [0.25, 0.3) is 0 Å². The van der Waals surface area contributed by atoms with Gasteiger partial charge in [-0.05, 0) is 25.0 Å². The molecule has 2 aliphatic heterocycles. The van der Waals surface area contributed by atoms with Gasteiger partial charge in [-0.15, -0.1) is 0 Å². The van der Waals surface area contributed by atoms with Gasteiger partial charge in [-0.1, -0.05) is 11.6 Å². The second-order valence-electron chi connectivity index (χ2n) is 5.12. The Kier molecular flexibility index (Phi) is 4.08. The Bertz CT molecular complexity index is 483. The zero-order valence-corrected chi connectivity index (χ0v) is 12.1. The Morgan fingerprint density at radius 1 is 1.35 bits per heavy atom. The van der Waals surface area contributed by atoms with E-state index in [4.69, 9.17) is 16.3 Å². The lowest BCUT2D eigenvalue weighted by molar-refractivity contribution is -0.141. The van der Waals surface area contributed by atoms with Crippen molar-refractivity contribution in [2.75, 3.05) is 37.7 Å². The molecule has 0 N–H and O–H groups in total. The highest BCUT2D eigenvalue weighted by atomic mass is 35.5. The molecule has 1 aromatic heterocycles. The molecule has 1 atom stereocenters. The molecule has 5 nitrogen and oxygen atoms in total. The quantitative estimate of drug-likeness (QED) is 0.831. The molecule has 1 amide bonds. The Hall–Kier alpha value is -1.33. The van der Waals surface area contributed by atoms with Crippen LogP contribution in [0.5, 0.6) is 0 Å². The van der Waals surface area contributed by atoms with Crippen LogP contribution in [0.1, 0.15) is 12.8 Å². The van der Waals surface area contributed by atoms with Crippen LogP contribution in [0.4, 0.5) is 5.82 Å². The third kappa shape index (κ3) is 2.74. The summed E-state index contributed by atoms with van der Waals surface area (Å²) in [6, 6.07) is 3.66. The van der Waals surface area contributed by atoms with Crippen LogP contribution in [0.2, 0.25) is 5.02 Å². The standard InChI is InChI=1S/C14H18ClN3O2/c15-11-3-1-5-16-13(11)17-6-8-18(9-7-17)14(19)12-4-2-10-20-12/h1,3,5,12H,2,4,6-10H2. The maximum atomic E-state index is 12.3. The molecular formula is C14H18ClN3O2. The van der Waals surface area contributed by atoms with Crippen LogP contribution in [-0.4, -0.2) is 54.7 Å². The van der Waals surface area contributed by atoms with Crippen molar-refractivity contribution in [2.24, 2.45) is 0 Å². The number of piperazine rings is 1. The first-order chi connectivity index (χ1) is 9.75. The zero-order valence-electron chi connectivity index (χ0n) is 11.3. The number of carbonyl (C=O) groups excluding carboxylic acids is 1. The monoisotopic (exact) mass is 295 g/mol. The van der Waals surface area contributed by atoms with Gasteiger partial charge < -0.3 is 14.5 Å². The fraction of sp³-hybridized carbons (Fsp3) is 0.571. The number of halogens is 1. The summed E-state index contributed by atoms with van der Waals surface area (Å²) in [5.41, 5.74) is 0. The molecule has 0 spiro atoms. The lowest BCUT2D eigenvalue weighted by Gasteiger charge is -2.36. The van der Waals surface area contributed by atoms with Gasteiger partial charge >= 0.3 is 0 Å². The molecule has 6 heteroatoms. The Balaban J connectivity index is 1.59. The second-order valence-corrected chi connectivity index (χ2v) is 5.53. The zero-order chi connectivity index (χ0) is 13.9. The van der Waals surface area contributed by atoms with Crippen molar-refractivity contribution < 1.29 is 9.53 Å². The van der Waals surface area contributed by atoms with Crippen LogP contribution < -0.4 is 4.90 Å². The van der Waals surface area contributed by atoms with Gasteiger partial charge in [-0.2, -0.15) is 0 Å². The SMILES string of the molecule is O=C(C1CCCO1)N1CCN(c2ncccc2Cl)CC1. The molecule has 2 saturated heterocycles. The summed E-state index contributed by atoms with van der Waals surface area (Å²) < 4.78 is 5.46. The summed E-state index contributed by atoms with van der Waals surface area (Å²) in [7, 11) is 0. The smallest absolute Gasteiger partial charge is 0.251 e. The third-order valence-electron chi connectivity index (χ3n) is 3.84. The normalized spacial score (nSPS) is 23.1. The molecule has 108 valence electrons. The molecule has 0 radical (unpaired) electrons. The maximum absolute atomic E-state index is 12.3. The molecule has 0 aromatic carbocycles. The van der Waals surface area contributed by atoms with Crippen LogP contribution in [0.15, 0.2) is 18.3 Å². The summed E-state index contributed by atoms with van der Waals surface area (Å²) in [6.07, 6.45) is 3.36. The average molecular weight is 296 g/mol. The number of ether oxygens (including phenoxy) is 1. The topological polar surface area (TPSA) is 45.7 Å². The highest BCUT2D eigenvalue weighted by Gasteiger charge is 2.30. The van der Waals surface area contributed by atoms with E-state index in [1.807, 2.05) is 17.0 Å². The first-order valence-corrected chi connectivity index (χ1v) is 7.39. The lowest BCUT2D eigenvalue weighted by Crippen LogP contribution is -2.51. The minimum Gasteiger partial charge on any atom is -0.368 e. The van der Waals surface area contributed by atoms with Crippen molar-refractivity contribution in [3.05, 3.63) is 23.4 Å². The number of anilines is 1. The predicted octanol–water partition coefficient (Wildman–Crippen LogP) is 1.56. The Morgan fingerprint density at radius 2 is 2.15 bits per heavy atom. The highest BCUT2D eigenvalue weighted by Crippen LogP contribution is 2.24. The number of nitrogens with zero attached hydrogens (tertiary/aromatic N) is 3. The molecule has 0 saturated carbocycles. The summed E-state index contributed by atoms with van der Waals surface area (Å²) in [4.78, 5) is 20.6. The summed E-state index contributed by atoms with van der Waals surface area (Å²) >= 11 is 6.16. The number of aromatic nitrogens is 1. The lowest BCUT2D eigenvalue weighted by atomic mass is 10.2. The number of amides is 1. The molecule has 2 aliphatic rings. The molecule has 1 aromatic rings. The van der Waals surface area contributed by atoms with Crippen molar-refractivity contribution in [2.45, 2.75) is 18.9 Å². The number of hydrogen-bond acceptors (Lipinski definition) is 4. The molecule has 2 fully saturated rings. The summed E-state index contributed by atoms with van der Waals surface area (Å²) in [6.45, 7) is 3.63. The Labute approximate surface area is 123 Å². The third-order valence-corrected chi connectivity index (χ3v) is 4.13. The van der Waals surface area contributed by atoms with Gasteiger partial charge in [-0.3, -0.25) is 4.79 Å². The van der Waals surface area contributed by atoms with Gasteiger partial charge in [0.2, 0.25) is 0 Å². The van der Waals surface area contributed by atoms with E-state index in [9.17, 15) is 4.79 Å². The van der Waals surface area contributed by atoms with E-state index in [1.165, 1.54) is 0 Å². The summed E-state index contributed by atoms with van der Waals surface area (Å²) in [5, 5.41) is 0.659. The van der Waals surface area contributed by atoms with Crippen molar-refractivity contribution in [1.82, 2.24) is 9.88 Å². The minimum atomic E-state index is -0.222. The van der Waals surface area contributed by atoms with Crippen LogP contribution in [-0.2, 0) is 9.53 Å². The van der Waals surface area contributed by atoms with E-state index in [1.54, 1.807) is 6.20 Å². The van der Waals surface area contributed by atoms with Gasteiger partial charge in [0.25, 0.3) is 5.91 Å². The van der Waals surface area contributed by atoms with E-state index < -0.39 is 0 Å². The van der Waals surface area contributed by atoms with E-state index in [0.717, 1.165) is 31.7 Å². The molecule has 0 bridgehead atoms. The van der Waals surface area contributed by atoms with Crippen molar-refractivity contribution in [3.8, 4) is 0 Å². The largest absolute Gasteiger partial charge is 0.368 e. The molecular weight excluding hydrogens is 278 g/mol. The van der Waals surface area contributed by atoms with Gasteiger partial charge in [-0.25, -0.2) is 4.98 Å². The fourth-order valence-electron chi connectivity index (χ4n) is 2.72. The number of rotatable bonds is 2. The Morgan fingerprint density at radius 3 is 2.80 bits per heavy atom. The van der Waals surface area contributed by atoms with E-state index >= 15 is 0 Å². The van der Waals surface area contributed by atoms with Gasteiger partial charge in [0.1, 0.15) is 11.9 Å². The molecule has 3 rings (SSSR count). The number of carbonyl (C=O) groups is 1. The van der Waals surface area contributed by atoms with Crippen LogP contribution >= 0.6 is 11.6 Å². The van der Waals surface area contributed by atoms with Crippen molar-refractivity contribution in [1.29, 1.82) is 0 Å². The van der Waals surface area contributed by atoms with Crippen molar-refractivity contribution in [3.63, 3.8) is 0 Å². The molecule has 0 aliphatic carbocycles. The van der Waals surface area contributed by atoms with Crippen molar-refractivity contribution >= 4 is 23.3 Å². The number of pyridine rings is 1. The maximum Gasteiger partial charge on any atom is 0.251 e. The fourth-order valence-corrected chi connectivity index (χ4v) is 2.97. The first-order valence-electron chi connectivity index (χ1n) is 7.01. The van der Waals surface area contributed by atoms with E-state index in [-0.39, 0.29) is 12.0 Å². The highest BCUT2D eigenvalue weighted by molar-refractivity contribution is 6.32. The van der Waals surface area contributed by atoms with Crippen LogP contribution in [0.3, 0.4) is 0 Å². The first kappa shape index (κ1) is 13.6. The molecule has 1 unspecified atom stereocenters. The minimum absolute atomic E-state index is 0.134. The van der Waals surface area contributed by atoms with E-state index in [2.05, 4.69) is 9.88 Å². The average Bonchev–Trinajstić information content (AvgIpc) is 3.01. The van der Waals surface area contributed by atoms with Gasteiger partial charge in [0.05, 0.1) is 5.02 Å². The molecule has 3 heterocycles. The van der Waals surface area contributed by atoms with E-state index in [0.29, 0.717) is 24.7 Å². The molecule has 20 heavy (non-hydrogen) atoms. The van der Waals surface area contributed by atoms with Gasteiger partial charge in [0.15, 0.2) is 0 Å². The van der Waals surface area contributed by atoms with Gasteiger partial charge in [0, 0.05) is 39.0 Å². The number of hydrogen-bond donors (Lipinski definition) is 0. The summed E-state index contributed by atoms with van der Waals surface area (Å²) in [5.74, 6) is 0.938. The predicted molar refractivity (Wildman–Crippen MR) is 77.0 cm³/mol. The van der Waals surface area contributed by atoms with Crippen LogP contribution in [0, 0.1) is 0 Å². The second kappa shape index (κ2) is 5.97.